The molecule has 5 aromatic rings. The zero-order valence-corrected chi connectivity index (χ0v) is 19.1. The second-order valence-electron chi connectivity index (χ2n) is 8.46. The molecular weight excluding hydrogens is 408 g/mol. The summed E-state index contributed by atoms with van der Waals surface area (Å²) in [7, 11) is 0. The van der Waals surface area contributed by atoms with Gasteiger partial charge in [-0.15, -0.1) is 0 Å². The Morgan fingerprint density at radius 2 is 1.76 bits per heavy atom. The van der Waals surface area contributed by atoms with Gasteiger partial charge in [-0.2, -0.15) is 0 Å². The van der Waals surface area contributed by atoms with Gasteiger partial charge in [-0.25, -0.2) is 0 Å². The van der Waals surface area contributed by atoms with Crippen LogP contribution in [0.4, 0.5) is 0 Å². The summed E-state index contributed by atoms with van der Waals surface area (Å²) >= 11 is 0. The van der Waals surface area contributed by atoms with Gasteiger partial charge >= 0.3 is 0 Å². The van der Waals surface area contributed by atoms with Crippen LogP contribution in [0.3, 0.4) is 0 Å². The highest BCUT2D eigenvalue weighted by Crippen LogP contribution is 2.29. The van der Waals surface area contributed by atoms with Crippen molar-refractivity contribution in [1.29, 1.82) is 0 Å². The molecule has 33 heavy (non-hydrogen) atoms. The minimum Gasteiger partial charge on any atom is -0.489 e. The fraction of sp³-hybridized carbons (Fsp3) is 0.207. The zero-order valence-electron chi connectivity index (χ0n) is 19.1. The van der Waals surface area contributed by atoms with Crippen LogP contribution in [0.1, 0.15) is 47.2 Å². The maximum atomic E-state index is 6.17. The maximum absolute atomic E-state index is 6.17. The van der Waals surface area contributed by atoms with Crippen molar-refractivity contribution in [2.24, 2.45) is 0 Å². The lowest BCUT2D eigenvalue weighted by Crippen LogP contribution is -2.03. The second kappa shape index (κ2) is 9.37. The van der Waals surface area contributed by atoms with E-state index in [9.17, 15) is 0 Å². The van der Waals surface area contributed by atoms with Crippen LogP contribution in [-0.2, 0) is 13.2 Å². The monoisotopic (exact) mass is 436 g/mol. The number of hydrogen-bond donors (Lipinski definition) is 0. The SMILES string of the molecule is CC[C@@H](c1ccc(OCc2ccc3ccn(Cc4ccccc4)c3c2C)cc1)c1ccon1. The number of ether oxygens (including phenoxy) is 1. The van der Waals surface area contributed by atoms with Crippen molar-refractivity contribution < 1.29 is 9.26 Å². The van der Waals surface area contributed by atoms with Crippen LogP contribution in [0, 0.1) is 6.92 Å². The summed E-state index contributed by atoms with van der Waals surface area (Å²) in [5.41, 5.74) is 7.22. The molecule has 5 rings (SSSR count). The Morgan fingerprint density at radius 1 is 0.939 bits per heavy atom. The Labute approximate surface area is 194 Å². The normalized spacial score (nSPS) is 12.2. The number of aryl methyl sites for hydroxylation is 1. The molecule has 0 bridgehead atoms. The van der Waals surface area contributed by atoms with Crippen molar-refractivity contribution in [3.63, 3.8) is 0 Å². The minimum atomic E-state index is 0.236. The molecule has 0 saturated carbocycles. The maximum Gasteiger partial charge on any atom is 0.124 e. The van der Waals surface area contributed by atoms with E-state index in [2.05, 4.69) is 90.4 Å². The molecule has 1 atom stereocenters. The van der Waals surface area contributed by atoms with Gasteiger partial charge in [0, 0.05) is 24.7 Å². The van der Waals surface area contributed by atoms with Crippen molar-refractivity contribution in [2.75, 3.05) is 0 Å². The highest BCUT2D eigenvalue weighted by atomic mass is 16.5. The lowest BCUT2D eigenvalue weighted by molar-refractivity contribution is 0.305. The topological polar surface area (TPSA) is 40.2 Å². The molecule has 4 heteroatoms. The summed E-state index contributed by atoms with van der Waals surface area (Å²) in [5, 5.41) is 5.38. The third kappa shape index (κ3) is 4.42. The lowest BCUT2D eigenvalue weighted by atomic mass is 9.93. The molecule has 0 amide bonds. The van der Waals surface area contributed by atoms with Crippen molar-refractivity contribution in [1.82, 2.24) is 9.72 Å². The van der Waals surface area contributed by atoms with E-state index in [4.69, 9.17) is 9.26 Å². The molecular formula is C29H28N2O2. The van der Waals surface area contributed by atoms with Gasteiger partial charge in [-0.3, -0.25) is 0 Å². The fourth-order valence-electron chi connectivity index (χ4n) is 4.57. The van der Waals surface area contributed by atoms with Crippen LogP contribution in [0.2, 0.25) is 0 Å². The van der Waals surface area contributed by atoms with E-state index >= 15 is 0 Å². The fourth-order valence-corrected chi connectivity index (χ4v) is 4.57. The van der Waals surface area contributed by atoms with Crippen molar-refractivity contribution >= 4 is 10.9 Å². The zero-order chi connectivity index (χ0) is 22.6. The van der Waals surface area contributed by atoms with E-state index in [0.717, 1.165) is 24.4 Å². The van der Waals surface area contributed by atoms with E-state index in [0.29, 0.717) is 6.61 Å². The first-order chi connectivity index (χ1) is 16.2. The smallest absolute Gasteiger partial charge is 0.124 e. The van der Waals surface area contributed by atoms with Crippen LogP contribution in [-0.4, -0.2) is 9.72 Å². The molecule has 4 nitrogen and oxygen atoms in total. The largest absolute Gasteiger partial charge is 0.489 e. The van der Waals surface area contributed by atoms with Gasteiger partial charge in [0.05, 0.1) is 11.2 Å². The van der Waals surface area contributed by atoms with Gasteiger partial charge in [0.25, 0.3) is 0 Å². The molecule has 0 unspecified atom stereocenters. The second-order valence-corrected chi connectivity index (χ2v) is 8.46. The number of aromatic nitrogens is 2. The first kappa shape index (κ1) is 21.1. The van der Waals surface area contributed by atoms with Gasteiger partial charge in [-0.1, -0.05) is 66.7 Å². The quantitative estimate of drug-likeness (QED) is 0.260. The Balaban J connectivity index is 1.32. The predicted octanol–water partition coefficient (Wildman–Crippen LogP) is 7.11. The molecule has 0 aliphatic rings. The summed E-state index contributed by atoms with van der Waals surface area (Å²) in [6.45, 7) is 5.75. The van der Waals surface area contributed by atoms with E-state index in [1.165, 1.54) is 33.2 Å². The number of fused-ring (bicyclic) bond motifs is 1. The van der Waals surface area contributed by atoms with Crippen molar-refractivity contribution in [2.45, 2.75) is 39.3 Å². The van der Waals surface area contributed by atoms with E-state index in [-0.39, 0.29) is 5.92 Å². The molecule has 0 saturated heterocycles. The summed E-state index contributed by atoms with van der Waals surface area (Å²) in [6.07, 6.45) is 4.77. The first-order valence-electron chi connectivity index (χ1n) is 11.5. The predicted molar refractivity (Wildman–Crippen MR) is 132 cm³/mol. The molecule has 2 aromatic heterocycles. The third-order valence-electron chi connectivity index (χ3n) is 6.39. The molecule has 0 N–H and O–H groups in total. The molecule has 0 spiro atoms. The number of benzene rings is 3. The van der Waals surface area contributed by atoms with Gasteiger partial charge in [0.1, 0.15) is 18.6 Å². The van der Waals surface area contributed by atoms with Crippen molar-refractivity contribution in [3.05, 3.63) is 119 Å². The lowest BCUT2D eigenvalue weighted by Gasteiger charge is -2.15. The first-order valence-corrected chi connectivity index (χ1v) is 11.5. The molecule has 0 aliphatic heterocycles. The third-order valence-corrected chi connectivity index (χ3v) is 6.39. The number of rotatable bonds is 8. The highest BCUT2D eigenvalue weighted by Gasteiger charge is 2.15. The molecule has 3 aromatic carbocycles. The Morgan fingerprint density at radius 3 is 2.48 bits per heavy atom. The molecule has 166 valence electrons. The Bertz CT molecular complexity index is 1320. The van der Waals surface area contributed by atoms with Crippen LogP contribution in [0.5, 0.6) is 5.75 Å². The van der Waals surface area contributed by atoms with Crippen molar-refractivity contribution in [3.8, 4) is 5.75 Å². The summed E-state index contributed by atoms with van der Waals surface area (Å²) < 4.78 is 13.5. The highest BCUT2D eigenvalue weighted by molar-refractivity contribution is 5.84. The Kier molecular flexibility index (Phi) is 5.99. The van der Waals surface area contributed by atoms with Crippen LogP contribution >= 0.6 is 0 Å². The molecule has 0 radical (unpaired) electrons. The minimum absolute atomic E-state index is 0.236. The van der Waals surface area contributed by atoms with E-state index in [1.54, 1.807) is 6.26 Å². The van der Waals surface area contributed by atoms with Gasteiger partial charge in [0.2, 0.25) is 0 Å². The average molecular weight is 437 g/mol. The Hall–Kier alpha value is -3.79. The summed E-state index contributed by atoms with van der Waals surface area (Å²) in [4.78, 5) is 0. The van der Waals surface area contributed by atoms with Gasteiger partial charge in [-0.05, 0) is 59.2 Å². The average Bonchev–Trinajstić information content (AvgIpc) is 3.52. The van der Waals surface area contributed by atoms with Gasteiger partial charge < -0.3 is 13.8 Å². The molecule has 0 aliphatic carbocycles. The number of hydrogen-bond acceptors (Lipinski definition) is 3. The number of nitrogens with zero attached hydrogens (tertiary/aromatic N) is 2. The van der Waals surface area contributed by atoms with E-state index < -0.39 is 0 Å². The summed E-state index contributed by atoms with van der Waals surface area (Å²) in [5.74, 6) is 1.10. The van der Waals surface area contributed by atoms with Crippen LogP contribution < -0.4 is 4.74 Å². The molecule has 0 fully saturated rings. The standard InChI is InChI=1S/C29H28N2O2/c1-3-27(28-16-18-33-30-28)23-11-13-26(14-12-23)32-20-25-10-9-24-15-17-31(29(24)21(25)2)19-22-7-5-4-6-8-22/h4-18,27H,3,19-20H2,1-2H3/t27-/m0/s1. The summed E-state index contributed by atoms with van der Waals surface area (Å²) in [6, 6.07) is 27.4. The van der Waals surface area contributed by atoms with Crippen LogP contribution in [0.25, 0.3) is 10.9 Å². The van der Waals surface area contributed by atoms with E-state index in [1.807, 2.05) is 18.2 Å². The van der Waals surface area contributed by atoms with Crippen LogP contribution in [0.15, 0.2) is 95.8 Å². The molecule has 2 heterocycles. The van der Waals surface area contributed by atoms with Gasteiger partial charge in [0.15, 0.2) is 0 Å².